The van der Waals surface area contributed by atoms with E-state index in [0.717, 1.165) is 31.2 Å². The molecule has 1 heterocycles. The predicted molar refractivity (Wildman–Crippen MR) is 111 cm³/mol. The van der Waals surface area contributed by atoms with Gasteiger partial charge in [0.1, 0.15) is 5.76 Å². The molecular formula is C23H24ClNO3. The number of halogens is 1. The zero-order valence-corrected chi connectivity index (χ0v) is 16.7. The number of rotatable bonds is 7. The van der Waals surface area contributed by atoms with E-state index in [0.29, 0.717) is 17.1 Å². The van der Waals surface area contributed by atoms with Gasteiger partial charge in [-0.3, -0.25) is 9.59 Å². The Labute approximate surface area is 170 Å². The molecule has 146 valence electrons. The van der Waals surface area contributed by atoms with Gasteiger partial charge in [-0.15, -0.1) is 0 Å². The number of nitrogens with zero attached hydrogens (tertiary/aromatic N) is 1. The fourth-order valence-electron chi connectivity index (χ4n) is 3.56. The average Bonchev–Trinajstić information content (AvgIpc) is 2.97. The lowest BCUT2D eigenvalue weighted by molar-refractivity contribution is -0.139. The Bertz CT molecular complexity index is 874. The van der Waals surface area contributed by atoms with Crippen LogP contribution in [-0.2, 0) is 9.59 Å². The van der Waals surface area contributed by atoms with Gasteiger partial charge in [0.2, 0.25) is 0 Å². The van der Waals surface area contributed by atoms with Crippen molar-refractivity contribution in [3.05, 3.63) is 76.3 Å². The third-order valence-electron chi connectivity index (χ3n) is 5.03. The third kappa shape index (κ3) is 4.12. The molecule has 1 aliphatic rings. The Balaban J connectivity index is 2.03. The normalized spacial score (nSPS) is 18.6. The van der Waals surface area contributed by atoms with Gasteiger partial charge in [-0.25, -0.2) is 0 Å². The maximum atomic E-state index is 12.8. The number of likely N-dealkylation sites (tertiary alicyclic amines) is 1. The summed E-state index contributed by atoms with van der Waals surface area (Å²) in [5, 5.41) is 11.4. The standard InChI is InChI=1S/C23H24ClNO3/c1-2-3-4-8-15-25-20(16-9-6-5-7-10-16)19(22(27)23(25)28)21(26)17-11-13-18(24)14-12-17/h5-7,9-14,20,26H,2-4,8,15H2,1H3. The molecule has 1 fully saturated rings. The highest BCUT2D eigenvalue weighted by Gasteiger charge is 2.45. The Hall–Kier alpha value is -2.59. The monoisotopic (exact) mass is 397 g/mol. The lowest BCUT2D eigenvalue weighted by Gasteiger charge is -2.25. The van der Waals surface area contributed by atoms with Crippen molar-refractivity contribution in [1.82, 2.24) is 4.90 Å². The fourth-order valence-corrected chi connectivity index (χ4v) is 3.69. The SMILES string of the molecule is CCCCCCN1C(=O)C(=O)C(=C(O)c2ccc(Cl)cc2)C1c1ccccc1. The molecule has 1 aliphatic heterocycles. The van der Waals surface area contributed by atoms with E-state index in [9.17, 15) is 14.7 Å². The van der Waals surface area contributed by atoms with Crippen LogP contribution in [0.1, 0.15) is 49.8 Å². The molecule has 0 aromatic heterocycles. The summed E-state index contributed by atoms with van der Waals surface area (Å²) in [6, 6.07) is 15.4. The lowest BCUT2D eigenvalue weighted by Crippen LogP contribution is -2.30. The third-order valence-corrected chi connectivity index (χ3v) is 5.28. The first-order valence-electron chi connectivity index (χ1n) is 9.64. The van der Waals surface area contributed by atoms with Crippen molar-refractivity contribution >= 4 is 29.1 Å². The van der Waals surface area contributed by atoms with E-state index < -0.39 is 17.7 Å². The molecule has 1 amide bonds. The average molecular weight is 398 g/mol. The smallest absolute Gasteiger partial charge is 0.295 e. The molecule has 0 bridgehead atoms. The van der Waals surface area contributed by atoms with Crippen LogP contribution in [0.25, 0.3) is 5.76 Å². The number of hydrogen-bond acceptors (Lipinski definition) is 3. The van der Waals surface area contributed by atoms with E-state index >= 15 is 0 Å². The number of hydrogen-bond donors (Lipinski definition) is 1. The molecule has 1 saturated heterocycles. The molecule has 1 atom stereocenters. The Morgan fingerprint density at radius 3 is 2.32 bits per heavy atom. The van der Waals surface area contributed by atoms with Crippen LogP contribution in [0.15, 0.2) is 60.2 Å². The first-order valence-corrected chi connectivity index (χ1v) is 10.0. The highest BCUT2D eigenvalue weighted by Crippen LogP contribution is 2.39. The minimum Gasteiger partial charge on any atom is -0.507 e. The zero-order valence-electron chi connectivity index (χ0n) is 15.9. The Morgan fingerprint density at radius 1 is 1.00 bits per heavy atom. The van der Waals surface area contributed by atoms with Gasteiger partial charge >= 0.3 is 0 Å². The van der Waals surface area contributed by atoms with Crippen LogP contribution in [0.4, 0.5) is 0 Å². The van der Waals surface area contributed by atoms with Gasteiger partial charge in [-0.1, -0.05) is 68.1 Å². The number of carbonyl (C=O) groups is 2. The summed E-state index contributed by atoms with van der Waals surface area (Å²) in [7, 11) is 0. The van der Waals surface area contributed by atoms with Gasteiger partial charge in [-0.2, -0.15) is 0 Å². The Kier molecular flexibility index (Phi) is 6.53. The molecule has 1 N–H and O–H groups in total. The summed E-state index contributed by atoms with van der Waals surface area (Å²) in [5.41, 5.74) is 1.41. The van der Waals surface area contributed by atoms with Gasteiger partial charge in [-0.05, 0) is 36.2 Å². The topological polar surface area (TPSA) is 57.6 Å². The Morgan fingerprint density at radius 2 is 1.68 bits per heavy atom. The molecule has 0 aliphatic carbocycles. The first kappa shape index (κ1) is 20.2. The van der Waals surface area contributed by atoms with Crippen molar-refractivity contribution in [3.63, 3.8) is 0 Å². The summed E-state index contributed by atoms with van der Waals surface area (Å²) >= 11 is 5.93. The van der Waals surface area contributed by atoms with Gasteiger partial charge in [0.05, 0.1) is 11.6 Å². The van der Waals surface area contributed by atoms with Gasteiger partial charge in [0.25, 0.3) is 11.7 Å². The van der Waals surface area contributed by atoms with Crippen LogP contribution in [0.2, 0.25) is 5.02 Å². The molecule has 28 heavy (non-hydrogen) atoms. The summed E-state index contributed by atoms with van der Waals surface area (Å²) < 4.78 is 0. The van der Waals surface area contributed by atoms with Crippen molar-refractivity contribution in [2.75, 3.05) is 6.54 Å². The number of unbranched alkanes of at least 4 members (excludes halogenated alkanes) is 3. The molecule has 2 aromatic carbocycles. The van der Waals surface area contributed by atoms with Crippen molar-refractivity contribution in [3.8, 4) is 0 Å². The fraction of sp³-hybridized carbons (Fsp3) is 0.304. The van der Waals surface area contributed by atoms with E-state index in [1.165, 1.54) is 0 Å². The van der Waals surface area contributed by atoms with Crippen LogP contribution >= 0.6 is 11.6 Å². The highest BCUT2D eigenvalue weighted by atomic mass is 35.5. The molecular weight excluding hydrogens is 374 g/mol. The highest BCUT2D eigenvalue weighted by molar-refractivity contribution is 6.46. The van der Waals surface area contributed by atoms with Crippen LogP contribution in [0.3, 0.4) is 0 Å². The van der Waals surface area contributed by atoms with Crippen LogP contribution in [-0.4, -0.2) is 28.2 Å². The number of benzene rings is 2. The van der Waals surface area contributed by atoms with E-state index in [1.807, 2.05) is 30.3 Å². The quantitative estimate of drug-likeness (QED) is 0.297. The van der Waals surface area contributed by atoms with Gasteiger partial charge < -0.3 is 10.0 Å². The predicted octanol–water partition coefficient (Wildman–Crippen LogP) is 5.34. The summed E-state index contributed by atoms with van der Waals surface area (Å²) in [4.78, 5) is 27.2. The summed E-state index contributed by atoms with van der Waals surface area (Å²) in [6.07, 6.45) is 4.01. The lowest BCUT2D eigenvalue weighted by atomic mass is 9.95. The second-order valence-electron chi connectivity index (χ2n) is 6.97. The maximum absolute atomic E-state index is 12.8. The zero-order chi connectivity index (χ0) is 20.1. The summed E-state index contributed by atoms with van der Waals surface area (Å²) in [5.74, 6) is -1.36. The molecule has 0 spiro atoms. The minimum absolute atomic E-state index is 0.133. The van der Waals surface area contributed by atoms with Crippen molar-refractivity contribution in [1.29, 1.82) is 0 Å². The number of carbonyl (C=O) groups excluding carboxylic acids is 2. The van der Waals surface area contributed by atoms with Gasteiger partial charge in [0, 0.05) is 17.1 Å². The number of ketones is 1. The van der Waals surface area contributed by atoms with E-state index in [-0.39, 0.29) is 11.3 Å². The van der Waals surface area contributed by atoms with Crippen molar-refractivity contribution < 1.29 is 14.7 Å². The molecule has 0 saturated carbocycles. The van der Waals surface area contributed by atoms with E-state index in [4.69, 9.17) is 11.6 Å². The van der Waals surface area contributed by atoms with Gasteiger partial charge in [0.15, 0.2) is 0 Å². The van der Waals surface area contributed by atoms with Crippen molar-refractivity contribution in [2.24, 2.45) is 0 Å². The van der Waals surface area contributed by atoms with Crippen LogP contribution in [0, 0.1) is 0 Å². The number of aliphatic hydroxyl groups is 1. The van der Waals surface area contributed by atoms with E-state index in [1.54, 1.807) is 29.2 Å². The second-order valence-corrected chi connectivity index (χ2v) is 7.41. The first-order chi connectivity index (χ1) is 13.5. The molecule has 3 rings (SSSR count). The molecule has 4 nitrogen and oxygen atoms in total. The van der Waals surface area contributed by atoms with E-state index in [2.05, 4.69) is 6.92 Å². The molecule has 2 aromatic rings. The van der Waals surface area contributed by atoms with Crippen LogP contribution in [0.5, 0.6) is 0 Å². The number of Topliss-reactive ketones (excluding diaryl/α,β-unsaturated/α-hetero) is 1. The maximum Gasteiger partial charge on any atom is 0.295 e. The number of amides is 1. The molecule has 1 unspecified atom stereocenters. The minimum atomic E-state index is -0.642. The second kappa shape index (κ2) is 9.07. The number of aliphatic hydroxyl groups excluding tert-OH is 1. The van der Waals surface area contributed by atoms with Crippen molar-refractivity contribution in [2.45, 2.75) is 38.6 Å². The molecule has 0 radical (unpaired) electrons. The molecule has 5 heteroatoms. The van der Waals surface area contributed by atoms with Crippen LogP contribution < -0.4 is 0 Å². The summed E-state index contributed by atoms with van der Waals surface area (Å²) in [6.45, 7) is 2.61. The largest absolute Gasteiger partial charge is 0.507 e.